The Kier molecular flexibility index (Phi) is 7.88. The molecule has 124 valence electrons. The average molecular weight is 310 g/mol. The van der Waals surface area contributed by atoms with Gasteiger partial charge in [0.1, 0.15) is 5.82 Å². The molecule has 0 amide bonds. The van der Waals surface area contributed by atoms with Gasteiger partial charge < -0.3 is 14.9 Å². The number of anilines is 1. The fourth-order valence-corrected chi connectivity index (χ4v) is 2.43. The summed E-state index contributed by atoms with van der Waals surface area (Å²) in [7, 11) is 3.87. The quantitative estimate of drug-likeness (QED) is 0.673. The van der Waals surface area contributed by atoms with E-state index >= 15 is 0 Å². The molecule has 1 aromatic rings. The van der Waals surface area contributed by atoms with E-state index in [1.807, 2.05) is 25.1 Å². The van der Waals surface area contributed by atoms with Crippen molar-refractivity contribution >= 4 is 11.7 Å². The van der Waals surface area contributed by atoms with Gasteiger partial charge in [-0.3, -0.25) is 4.79 Å². The number of hydrogen-bond acceptors (Lipinski definition) is 3. The summed E-state index contributed by atoms with van der Waals surface area (Å²) in [5.74, 6) is -1.07. The van der Waals surface area contributed by atoms with Crippen molar-refractivity contribution in [1.82, 2.24) is 4.90 Å². The lowest BCUT2D eigenvalue weighted by Gasteiger charge is -2.25. The first kappa shape index (κ1) is 18.4. The van der Waals surface area contributed by atoms with E-state index in [0.717, 1.165) is 24.2 Å². The first-order valence-corrected chi connectivity index (χ1v) is 7.84. The van der Waals surface area contributed by atoms with E-state index in [1.165, 1.54) is 18.9 Å². The van der Waals surface area contributed by atoms with Gasteiger partial charge in [0.05, 0.1) is 6.42 Å². The molecule has 0 bridgehead atoms. The van der Waals surface area contributed by atoms with E-state index in [0.29, 0.717) is 13.1 Å². The normalized spacial score (nSPS) is 11.0. The van der Waals surface area contributed by atoms with Crippen LogP contribution in [-0.4, -0.2) is 43.2 Å². The van der Waals surface area contributed by atoms with Crippen LogP contribution in [0.15, 0.2) is 18.2 Å². The van der Waals surface area contributed by atoms with E-state index in [-0.39, 0.29) is 12.2 Å². The summed E-state index contributed by atoms with van der Waals surface area (Å²) in [6.07, 6.45) is 3.55. The van der Waals surface area contributed by atoms with Crippen LogP contribution in [0.3, 0.4) is 0 Å². The number of halogens is 1. The Morgan fingerprint density at radius 2 is 1.95 bits per heavy atom. The van der Waals surface area contributed by atoms with Crippen molar-refractivity contribution in [3.63, 3.8) is 0 Å². The van der Waals surface area contributed by atoms with Crippen LogP contribution in [0.1, 0.15) is 38.2 Å². The standard InChI is InChI=1S/C17H27FN2O2/c1-4-5-6-10-20(3)16-8-7-15(18)12-14(16)13-19(2)11-9-17(21)22/h7-8,12H,4-6,9-11,13H2,1-3H3,(H,21,22). The number of carboxylic acid groups (broad SMARTS) is 1. The second-order valence-corrected chi connectivity index (χ2v) is 5.78. The second kappa shape index (κ2) is 9.41. The molecule has 0 unspecified atom stereocenters. The van der Waals surface area contributed by atoms with Gasteiger partial charge in [0.25, 0.3) is 0 Å². The summed E-state index contributed by atoms with van der Waals surface area (Å²) in [6.45, 7) is 4.09. The minimum Gasteiger partial charge on any atom is -0.481 e. The topological polar surface area (TPSA) is 43.8 Å². The minimum absolute atomic E-state index is 0.0908. The zero-order valence-electron chi connectivity index (χ0n) is 13.8. The van der Waals surface area contributed by atoms with Gasteiger partial charge in [0.2, 0.25) is 0 Å². The Bertz CT molecular complexity index is 480. The smallest absolute Gasteiger partial charge is 0.304 e. The molecule has 0 radical (unpaired) electrons. The fraction of sp³-hybridized carbons (Fsp3) is 0.588. The molecule has 5 heteroatoms. The lowest BCUT2D eigenvalue weighted by molar-refractivity contribution is -0.137. The highest BCUT2D eigenvalue weighted by atomic mass is 19.1. The molecular formula is C17H27FN2O2. The van der Waals surface area contributed by atoms with Crippen molar-refractivity contribution in [3.05, 3.63) is 29.6 Å². The molecule has 0 heterocycles. The molecule has 0 saturated carbocycles. The van der Waals surface area contributed by atoms with Gasteiger partial charge in [-0.25, -0.2) is 4.39 Å². The van der Waals surface area contributed by atoms with Gasteiger partial charge in [0, 0.05) is 32.4 Å². The van der Waals surface area contributed by atoms with Crippen molar-refractivity contribution in [1.29, 1.82) is 0 Å². The van der Waals surface area contributed by atoms with Crippen LogP contribution in [0.4, 0.5) is 10.1 Å². The maximum absolute atomic E-state index is 13.6. The van der Waals surface area contributed by atoms with Gasteiger partial charge >= 0.3 is 5.97 Å². The summed E-state index contributed by atoms with van der Waals surface area (Å²) < 4.78 is 13.6. The Labute approximate surface area is 132 Å². The van der Waals surface area contributed by atoms with Crippen LogP contribution >= 0.6 is 0 Å². The SMILES string of the molecule is CCCCCN(C)c1ccc(F)cc1CN(C)CCC(=O)O. The van der Waals surface area contributed by atoms with Gasteiger partial charge in [0.15, 0.2) is 0 Å². The first-order chi connectivity index (χ1) is 10.4. The molecular weight excluding hydrogens is 283 g/mol. The highest BCUT2D eigenvalue weighted by Gasteiger charge is 2.11. The maximum atomic E-state index is 13.6. The minimum atomic E-state index is -0.817. The van der Waals surface area contributed by atoms with E-state index in [9.17, 15) is 9.18 Å². The molecule has 22 heavy (non-hydrogen) atoms. The molecule has 0 fully saturated rings. The Hall–Kier alpha value is -1.62. The largest absolute Gasteiger partial charge is 0.481 e. The number of hydrogen-bond donors (Lipinski definition) is 1. The second-order valence-electron chi connectivity index (χ2n) is 5.78. The molecule has 1 rings (SSSR count). The van der Waals surface area contributed by atoms with Gasteiger partial charge in [-0.1, -0.05) is 19.8 Å². The van der Waals surface area contributed by atoms with E-state index in [2.05, 4.69) is 11.8 Å². The number of carbonyl (C=O) groups is 1. The summed E-state index contributed by atoms with van der Waals surface area (Å²) in [6, 6.07) is 4.83. The number of benzene rings is 1. The van der Waals surface area contributed by atoms with Crippen molar-refractivity contribution in [3.8, 4) is 0 Å². The van der Waals surface area contributed by atoms with Crippen LogP contribution in [0.2, 0.25) is 0 Å². The fourth-order valence-electron chi connectivity index (χ4n) is 2.43. The molecule has 4 nitrogen and oxygen atoms in total. The Morgan fingerprint density at radius 3 is 2.59 bits per heavy atom. The van der Waals surface area contributed by atoms with Crippen molar-refractivity contribution in [2.75, 3.05) is 32.1 Å². The molecule has 1 N–H and O–H groups in total. The first-order valence-electron chi connectivity index (χ1n) is 7.84. The average Bonchev–Trinajstić information content (AvgIpc) is 2.45. The molecule has 1 aromatic carbocycles. The van der Waals surface area contributed by atoms with Crippen LogP contribution in [0, 0.1) is 5.82 Å². The van der Waals surface area contributed by atoms with Crippen LogP contribution in [0.5, 0.6) is 0 Å². The molecule has 0 saturated heterocycles. The zero-order chi connectivity index (χ0) is 16.5. The van der Waals surface area contributed by atoms with Crippen molar-refractivity contribution < 1.29 is 14.3 Å². The predicted molar refractivity (Wildman–Crippen MR) is 87.8 cm³/mol. The number of aliphatic carboxylic acids is 1. The third-order valence-corrected chi connectivity index (χ3v) is 3.70. The van der Waals surface area contributed by atoms with Crippen LogP contribution in [0.25, 0.3) is 0 Å². The number of carboxylic acids is 1. The number of unbranched alkanes of at least 4 members (excludes halogenated alkanes) is 2. The number of rotatable bonds is 10. The van der Waals surface area contributed by atoms with Crippen molar-refractivity contribution in [2.45, 2.75) is 39.2 Å². The van der Waals surface area contributed by atoms with Gasteiger partial charge in [-0.2, -0.15) is 0 Å². The van der Waals surface area contributed by atoms with E-state index in [4.69, 9.17) is 5.11 Å². The van der Waals surface area contributed by atoms with Crippen molar-refractivity contribution in [2.24, 2.45) is 0 Å². The summed E-state index contributed by atoms with van der Waals surface area (Å²) in [5.41, 5.74) is 1.91. The highest BCUT2D eigenvalue weighted by molar-refractivity contribution is 5.66. The van der Waals surface area contributed by atoms with Gasteiger partial charge in [-0.05, 0) is 37.2 Å². The molecule has 0 aliphatic carbocycles. The third-order valence-electron chi connectivity index (χ3n) is 3.70. The summed E-state index contributed by atoms with van der Waals surface area (Å²) >= 11 is 0. The predicted octanol–water partition coefficient (Wildman–Crippen LogP) is 3.36. The van der Waals surface area contributed by atoms with Gasteiger partial charge in [-0.15, -0.1) is 0 Å². The summed E-state index contributed by atoms with van der Waals surface area (Å²) in [4.78, 5) is 14.7. The Balaban J connectivity index is 2.74. The van der Waals surface area contributed by atoms with E-state index < -0.39 is 5.97 Å². The lowest BCUT2D eigenvalue weighted by Crippen LogP contribution is -2.25. The Morgan fingerprint density at radius 1 is 1.23 bits per heavy atom. The maximum Gasteiger partial charge on any atom is 0.304 e. The van der Waals surface area contributed by atoms with Crippen LogP contribution < -0.4 is 4.90 Å². The summed E-state index contributed by atoms with van der Waals surface area (Å²) in [5, 5.41) is 8.74. The monoisotopic (exact) mass is 310 g/mol. The third kappa shape index (κ3) is 6.43. The molecule has 0 spiro atoms. The molecule has 0 aliphatic heterocycles. The van der Waals surface area contributed by atoms with Crippen LogP contribution in [-0.2, 0) is 11.3 Å². The number of nitrogens with zero attached hydrogens (tertiary/aromatic N) is 2. The highest BCUT2D eigenvalue weighted by Crippen LogP contribution is 2.22. The van der Waals surface area contributed by atoms with E-state index in [1.54, 1.807) is 6.07 Å². The zero-order valence-corrected chi connectivity index (χ0v) is 13.8. The molecule has 0 aromatic heterocycles. The molecule has 0 aliphatic rings. The lowest BCUT2D eigenvalue weighted by atomic mass is 10.1. The molecule has 0 atom stereocenters.